The molecule has 2 aromatic rings. The van der Waals surface area contributed by atoms with Crippen LogP contribution < -0.4 is 10.1 Å². The third-order valence-corrected chi connectivity index (χ3v) is 4.74. The van der Waals surface area contributed by atoms with Gasteiger partial charge in [0.25, 0.3) is 0 Å². The van der Waals surface area contributed by atoms with Gasteiger partial charge in [-0.3, -0.25) is 4.98 Å². The van der Waals surface area contributed by atoms with E-state index in [0.29, 0.717) is 37.3 Å². The van der Waals surface area contributed by atoms with E-state index in [1.807, 2.05) is 32.9 Å². The van der Waals surface area contributed by atoms with Crippen LogP contribution >= 0.6 is 0 Å². The summed E-state index contributed by atoms with van der Waals surface area (Å²) in [5, 5.41) is 13.5. The summed E-state index contributed by atoms with van der Waals surface area (Å²) in [6, 6.07) is 5.34. The van der Waals surface area contributed by atoms with Crippen LogP contribution in [-0.2, 0) is 15.9 Å². The number of aliphatic hydroxyl groups excluding tert-OH is 1. The molecule has 3 atom stereocenters. The van der Waals surface area contributed by atoms with E-state index >= 15 is 0 Å². The van der Waals surface area contributed by atoms with Crippen molar-refractivity contribution in [2.24, 2.45) is 0 Å². The van der Waals surface area contributed by atoms with E-state index in [9.17, 15) is 9.90 Å². The van der Waals surface area contributed by atoms with E-state index in [-0.39, 0.29) is 12.1 Å². The maximum atomic E-state index is 11.9. The molecule has 1 fully saturated rings. The van der Waals surface area contributed by atoms with Gasteiger partial charge in [-0.15, -0.1) is 0 Å². The molecule has 0 aliphatic carbocycles. The molecule has 0 aromatic carbocycles. The van der Waals surface area contributed by atoms with Crippen molar-refractivity contribution in [1.29, 1.82) is 0 Å². The number of carbonyl (C=O) groups excluding carboxylic acids is 1. The van der Waals surface area contributed by atoms with E-state index < -0.39 is 17.8 Å². The normalized spacial score (nSPS) is 20.9. The van der Waals surface area contributed by atoms with Gasteiger partial charge in [0.1, 0.15) is 5.60 Å². The minimum absolute atomic E-state index is 0.124. The second-order valence-corrected chi connectivity index (χ2v) is 8.26. The summed E-state index contributed by atoms with van der Waals surface area (Å²) in [5.41, 5.74) is 1.81. The number of carbonyl (C=O) groups is 1. The van der Waals surface area contributed by atoms with Crippen LogP contribution in [0.2, 0.25) is 0 Å². The molecule has 2 N–H and O–H groups in total. The first-order valence-electron chi connectivity index (χ1n) is 9.83. The summed E-state index contributed by atoms with van der Waals surface area (Å²) in [6.07, 6.45) is 2.02. The summed E-state index contributed by atoms with van der Waals surface area (Å²) in [6.45, 7) is 5.81. The Morgan fingerprint density at radius 1 is 1.34 bits per heavy atom. The van der Waals surface area contributed by atoms with Crippen molar-refractivity contribution in [3.05, 3.63) is 30.0 Å². The maximum absolute atomic E-state index is 11.9. The number of nitrogens with zero attached hydrogens (tertiary/aromatic N) is 2. The Morgan fingerprint density at radius 2 is 2.14 bits per heavy atom. The van der Waals surface area contributed by atoms with Crippen molar-refractivity contribution in [3.63, 3.8) is 0 Å². The van der Waals surface area contributed by atoms with Crippen LogP contribution in [0, 0.1) is 0 Å². The standard InChI is InChI=1S/C21H29N3O5/c1-21(2,3)29-20(26)23-14-5-7-17(28-12-14)16(25)11-13-9-10-22-15-6-8-18(27-4)24-19(13)15/h6,8-10,14,16-17,25H,5,7,11-12H2,1-4H3,(H,23,26)/t14-,16-,17+/m0/s1. The monoisotopic (exact) mass is 403 g/mol. The molecule has 158 valence electrons. The van der Waals surface area contributed by atoms with Crippen LogP contribution in [0.5, 0.6) is 5.88 Å². The third kappa shape index (κ3) is 5.77. The average molecular weight is 403 g/mol. The van der Waals surface area contributed by atoms with Crippen LogP contribution in [0.3, 0.4) is 0 Å². The van der Waals surface area contributed by atoms with Gasteiger partial charge in [0.15, 0.2) is 0 Å². The molecule has 29 heavy (non-hydrogen) atoms. The summed E-state index contributed by atoms with van der Waals surface area (Å²) in [5.74, 6) is 0.506. The number of nitrogens with one attached hydrogen (secondary N) is 1. The second-order valence-electron chi connectivity index (χ2n) is 8.26. The summed E-state index contributed by atoms with van der Waals surface area (Å²) in [4.78, 5) is 20.7. The number of methoxy groups -OCH3 is 1. The molecule has 0 spiro atoms. The number of rotatable bonds is 5. The number of fused-ring (bicyclic) bond motifs is 1. The van der Waals surface area contributed by atoms with Crippen molar-refractivity contribution in [2.75, 3.05) is 13.7 Å². The third-order valence-electron chi connectivity index (χ3n) is 4.74. The van der Waals surface area contributed by atoms with Crippen LogP contribution in [0.15, 0.2) is 24.4 Å². The molecule has 1 aliphatic heterocycles. The molecule has 2 aromatic heterocycles. The number of aromatic nitrogens is 2. The molecule has 1 amide bonds. The number of aliphatic hydroxyl groups is 1. The zero-order valence-corrected chi connectivity index (χ0v) is 17.3. The van der Waals surface area contributed by atoms with Crippen LogP contribution in [0.1, 0.15) is 39.2 Å². The molecular weight excluding hydrogens is 374 g/mol. The quantitative estimate of drug-likeness (QED) is 0.791. The smallest absolute Gasteiger partial charge is 0.407 e. The summed E-state index contributed by atoms with van der Waals surface area (Å²) in [7, 11) is 1.57. The lowest BCUT2D eigenvalue weighted by Gasteiger charge is -2.32. The molecule has 0 radical (unpaired) electrons. The van der Waals surface area contributed by atoms with Crippen molar-refractivity contribution < 1.29 is 24.1 Å². The first kappa shape index (κ1) is 21.3. The highest BCUT2D eigenvalue weighted by Crippen LogP contribution is 2.23. The molecule has 8 nitrogen and oxygen atoms in total. The summed E-state index contributed by atoms with van der Waals surface area (Å²) < 4.78 is 16.3. The Hall–Kier alpha value is -2.45. The molecule has 0 saturated carbocycles. The Bertz CT molecular complexity index is 844. The molecule has 1 saturated heterocycles. The zero-order valence-electron chi connectivity index (χ0n) is 17.3. The highest BCUT2D eigenvalue weighted by molar-refractivity contribution is 5.78. The number of amides is 1. The van der Waals surface area contributed by atoms with E-state index in [1.165, 1.54) is 0 Å². The molecule has 8 heteroatoms. The van der Waals surface area contributed by atoms with Crippen LogP contribution in [0.4, 0.5) is 4.79 Å². The molecule has 0 bridgehead atoms. The van der Waals surface area contributed by atoms with Crippen molar-refractivity contribution in [1.82, 2.24) is 15.3 Å². The molecule has 3 heterocycles. The number of ether oxygens (including phenoxy) is 3. The van der Waals surface area contributed by atoms with Crippen LogP contribution in [-0.4, -0.2) is 58.7 Å². The lowest BCUT2D eigenvalue weighted by molar-refractivity contribution is -0.0718. The van der Waals surface area contributed by atoms with Crippen LogP contribution in [0.25, 0.3) is 11.0 Å². The minimum Gasteiger partial charge on any atom is -0.481 e. The number of pyridine rings is 2. The SMILES string of the molecule is COc1ccc2nccc(C[C@H](O)[C@H]3CC[C@H](NC(=O)OC(C)(C)C)CO3)c2n1. The lowest BCUT2D eigenvalue weighted by Crippen LogP contribution is -2.47. The zero-order chi connectivity index (χ0) is 21.0. The fourth-order valence-corrected chi connectivity index (χ4v) is 3.36. The van der Waals surface area contributed by atoms with E-state index in [2.05, 4.69) is 15.3 Å². The van der Waals surface area contributed by atoms with Gasteiger partial charge in [-0.1, -0.05) is 0 Å². The predicted octanol–water partition coefficient (Wildman–Crippen LogP) is 2.61. The van der Waals surface area contributed by atoms with Gasteiger partial charge in [-0.2, -0.15) is 0 Å². The van der Waals surface area contributed by atoms with Crippen molar-refractivity contribution in [2.45, 2.75) is 63.9 Å². The molecule has 3 rings (SSSR count). The number of hydrogen-bond donors (Lipinski definition) is 2. The first-order valence-corrected chi connectivity index (χ1v) is 9.83. The van der Waals surface area contributed by atoms with Gasteiger partial charge in [-0.05, 0) is 51.3 Å². The van der Waals surface area contributed by atoms with Crippen molar-refractivity contribution >= 4 is 17.1 Å². The Kier molecular flexibility index (Phi) is 6.54. The minimum atomic E-state index is -0.684. The Labute approximate surface area is 170 Å². The van der Waals surface area contributed by atoms with Gasteiger partial charge in [0.2, 0.25) is 5.88 Å². The number of hydrogen-bond acceptors (Lipinski definition) is 7. The first-order chi connectivity index (χ1) is 13.7. The van der Waals surface area contributed by atoms with E-state index in [1.54, 1.807) is 19.4 Å². The largest absolute Gasteiger partial charge is 0.481 e. The second kappa shape index (κ2) is 8.92. The average Bonchev–Trinajstić information content (AvgIpc) is 2.67. The predicted molar refractivity (Wildman–Crippen MR) is 108 cm³/mol. The topological polar surface area (TPSA) is 103 Å². The Balaban J connectivity index is 1.57. The van der Waals surface area contributed by atoms with Gasteiger partial charge < -0.3 is 24.6 Å². The number of alkyl carbamates (subject to hydrolysis) is 1. The highest BCUT2D eigenvalue weighted by atomic mass is 16.6. The fraction of sp³-hybridized carbons (Fsp3) is 0.571. The van der Waals surface area contributed by atoms with Gasteiger partial charge >= 0.3 is 6.09 Å². The van der Waals surface area contributed by atoms with Gasteiger partial charge in [0.05, 0.1) is 43.0 Å². The lowest BCUT2D eigenvalue weighted by atomic mass is 9.96. The molecular formula is C21H29N3O5. The van der Waals surface area contributed by atoms with Crippen molar-refractivity contribution in [3.8, 4) is 5.88 Å². The van der Waals surface area contributed by atoms with E-state index in [0.717, 1.165) is 11.1 Å². The Morgan fingerprint density at radius 3 is 2.79 bits per heavy atom. The molecule has 0 unspecified atom stereocenters. The van der Waals surface area contributed by atoms with Gasteiger partial charge in [-0.25, -0.2) is 9.78 Å². The van der Waals surface area contributed by atoms with Gasteiger partial charge in [0, 0.05) is 18.7 Å². The summed E-state index contributed by atoms with van der Waals surface area (Å²) >= 11 is 0. The highest BCUT2D eigenvalue weighted by Gasteiger charge is 2.29. The maximum Gasteiger partial charge on any atom is 0.407 e. The molecule has 1 aliphatic rings. The van der Waals surface area contributed by atoms with E-state index in [4.69, 9.17) is 14.2 Å². The fourth-order valence-electron chi connectivity index (χ4n) is 3.36.